The largest absolute Gasteiger partial charge is 1.00 e. The fourth-order valence-electron chi connectivity index (χ4n) is 5.98. The Hall–Kier alpha value is -2.02. The van der Waals surface area contributed by atoms with Gasteiger partial charge in [-0.15, -0.1) is 0 Å². The third-order valence-corrected chi connectivity index (χ3v) is 8.57. The molecule has 1 aliphatic carbocycles. The van der Waals surface area contributed by atoms with Crippen molar-refractivity contribution in [1.29, 1.82) is 0 Å². The van der Waals surface area contributed by atoms with Gasteiger partial charge in [0.1, 0.15) is 12.9 Å². The quantitative estimate of drug-likeness (QED) is 0.349. The maximum Gasteiger partial charge on any atom is 0.343 e. The number of rotatable bonds is 7. The Kier molecular flexibility index (Phi) is 7.80. The maximum absolute atomic E-state index is 14.0. The number of hydrogen-bond acceptors (Lipinski definition) is 7. The average molecular weight is 587 g/mol. The van der Waals surface area contributed by atoms with Crippen LogP contribution in [0.4, 0.5) is 14.5 Å². The van der Waals surface area contributed by atoms with Crippen LogP contribution in [0.3, 0.4) is 0 Å². The van der Waals surface area contributed by atoms with Crippen molar-refractivity contribution in [1.82, 2.24) is 9.97 Å². The number of carbonyl (C=O) groups is 2. The maximum atomic E-state index is 14.0. The molecule has 36 heavy (non-hydrogen) atoms. The number of quaternary nitrogens is 1. The van der Waals surface area contributed by atoms with E-state index in [0.717, 1.165) is 25.9 Å². The topological polar surface area (TPSA) is 101 Å². The first-order chi connectivity index (χ1) is 16.7. The number of thiophene rings is 1. The van der Waals surface area contributed by atoms with Crippen molar-refractivity contribution in [2.24, 2.45) is 11.8 Å². The number of esters is 1. The fraction of sp³-hybridized carbons (Fsp3) is 0.583. The van der Waals surface area contributed by atoms with Crippen molar-refractivity contribution in [2.75, 3.05) is 31.5 Å². The van der Waals surface area contributed by atoms with Gasteiger partial charge in [0, 0.05) is 43.1 Å². The summed E-state index contributed by atoms with van der Waals surface area (Å²) >= 11 is 1.30. The lowest BCUT2D eigenvalue weighted by Gasteiger charge is -2.51. The molecule has 2 aromatic rings. The highest BCUT2D eigenvalue weighted by Crippen LogP contribution is 2.49. The minimum absolute atomic E-state index is 0. The number of fused-ring (bicyclic) bond motifs is 3. The van der Waals surface area contributed by atoms with E-state index in [1.807, 2.05) is 0 Å². The minimum Gasteiger partial charge on any atom is -1.00 e. The first-order valence-electron chi connectivity index (χ1n) is 11.9. The van der Waals surface area contributed by atoms with E-state index in [1.165, 1.54) is 30.1 Å². The molecule has 2 bridgehead atoms. The fourth-order valence-corrected chi connectivity index (χ4v) is 6.69. The lowest BCUT2D eigenvalue weighted by molar-refractivity contribution is -0.939. The Bertz CT molecular complexity index is 1070. The summed E-state index contributed by atoms with van der Waals surface area (Å²) in [7, 11) is 0. The highest BCUT2D eigenvalue weighted by atomic mass is 79.9. The number of nitrogens with zero attached hydrogens (tertiary/aromatic N) is 3. The number of halogens is 3. The van der Waals surface area contributed by atoms with Crippen LogP contribution in [0.15, 0.2) is 35.5 Å². The molecule has 196 valence electrons. The number of carbonyl (C=O) groups excluding carboxylic acids is 2. The smallest absolute Gasteiger partial charge is 0.343 e. The van der Waals surface area contributed by atoms with Gasteiger partial charge >= 0.3 is 5.97 Å². The van der Waals surface area contributed by atoms with Crippen molar-refractivity contribution >= 4 is 28.9 Å². The summed E-state index contributed by atoms with van der Waals surface area (Å²) in [6.07, 6.45) is 4.67. The zero-order valence-corrected chi connectivity index (χ0v) is 22.0. The molecule has 0 aromatic carbocycles. The van der Waals surface area contributed by atoms with E-state index in [1.54, 1.807) is 16.8 Å². The van der Waals surface area contributed by atoms with Crippen LogP contribution in [-0.4, -0.2) is 69.6 Å². The molecule has 5 heterocycles. The molecular formula is C24H29BrF2N4O4S. The second-order valence-corrected chi connectivity index (χ2v) is 10.9. The molecule has 8 nitrogen and oxygen atoms in total. The Morgan fingerprint density at radius 1 is 1.25 bits per heavy atom. The highest BCUT2D eigenvalue weighted by Gasteiger charge is 2.56. The van der Waals surface area contributed by atoms with Crippen molar-refractivity contribution in [2.45, 2.75) is 49.7 Å². The number of hydrogen-bond donors (Lipinski definition) is 2. The standard InChI is InChI=1S/C24H28F2N4O4S.BrH/c25-23(26)5-1-17(9-23)24(33,18-4-8-35-14-18)22(32)34-20-12-30(6-2-16(20)3-7-30)13-21(31)29-19-10-27-15-28-11-19;/h4,8,10-11,14-17,20,33H,1-3,5-7,9,12-13H2;1H/t16?,17?,20?,24-,30?;/m1./s1. The molecule has 2 unspecified atom stereocenters. The molecule has 6 rings (SSSR count). The van der Waals surface area contributed by atoms with Crippen molar-refractivity contribution < 1.29 is 49.7 Å². The van der Waals surface area contributed by atoms with Crippen molar-refractivity contribution in [3.05, 3.63) is 41.1 Å². The molecule has 1 saturated carbocycles. The summed E-state index contributed by atoms with van der Waals surface area (Å²) in [4.78, 5) is 34.0. The van der Waals surface area contributed by atoms with Crippen LogP contribution in [0.25, 0.3) is 0 Å². The third kappa shape index (κ3) is 5.32. The Balaban J connectivity index is 0.00000304. The number of alkyl halides is 2. The summed E-state index contributed by atoms with van der Waals surface area (Å²) in [5.74, 6) is -4.73. The molecule has 0 spiro atoms. The Morgan fingerprint density at radius 2 is 1.97 bits per heavy atom. The second kappa shape index (κ2) is 10.4. The van der Waals surface area contributed by atoms with Gasteiger partial charge in [-0.05, 0) is 23.2 Å². The summed E-state index contributed by atoms with van der Waals surface area (Å²) in [6, 6.07) is 1.60. The van der Waals surface area contributed by atoms with Gasteiger partial charge < -0.3 is 36.6 Å². The van der Waals surface area contributed by atoms with E-state index in [9.17, 15) is 23.5 Å². The molecular weight excluding hydrogens is 558 g/mol. The summed E-state index contributed by atoms with van der Waals surface area (Å²) in [6.45, 7) is 2.26. The van der Waals surface area contributed by atoms with Crippen LogP contribution in [-0.2, 0) is 19.9 Å². The number of amides is 1. The first-order valence-corrected chi connectivity index (χ1v) is 12.9. The van der Waals surface area contributed by atoms with Crippen LogP contribution >= 0.6 is 11.3 Å². The minimum atomic E-state index is -2.91. The predicted octanol–water partition coefficient (Wildman–Crippen LogP) is -0.0440. The van der Waals surface area contributed by atoms with Crippen LogP contribution < -0.4 is 22.3 Å². The molecule has 2 aromatic heterocycles. The zero-order chi connectivity index (χ0) is 24.7. The highest BCUT2D eigenvalue weighted by molar-refractivity contribution is 7.08. The lowest BCUT2D eigenvalue weighted by Crippen LogP contribution is -3.00. The normalized spacial score (nSPS) is 30.1. The number of aromatic nitrogens is 2. The monoisotopic (exact) mass is 586 g/mol. The van der Waals surface area contributed by atoms with Gasteiger partial charge in [-0.2, -0.15) is 11.3 Å². The zero-order valence-electron chi connectivity index (χ0n) is 19.6. The van der Waals surface area contributed by atoms with Gasteiger partial charge in [-0.1, -0.05) is 0 Å². The Morgan fingerprint density at radius 3 is 2.58 bits per heavy atom. The van der Waals surface area contributed by atoms with E-state index in [2.05, 4.69) is 15.3 Å². The van der Waals surface area contributed by atoms with E-state index < -0.39 is 35.9 Å². The van der Waals surface area contributed by atoms with E-state index in [4.69, 9.17) is 4.74 Å². The molecule has 2 N–H and O–H groups in total. The number of anilines is 1. The molecule has 4 fully saturated rings. The van der Waals surface area contributed by atoms with E-state index in [-0.39, 0.29) is 48.2 Å². The van der Waals surface area contributed by atoms with Crippen molar-refractivity contribution in [3.63, 3.8) is 0 Å². The predicted molar refractivity (Wildman–Crippen MR) is 123 cm³/mol. The van der Waals surface area contributed by atoms with Gasteiger partial charge in [0.15, 0.2) is 18.2 Å². The molecule has 3 atom stereocenters. The SMILES string of the molecule is O=C(C[N+]12CCC(CC1)C(OC(=O)[C@](O)(c1ccsc1)C1CCC(F)(F)C1)C2)Nc1cncnc1.[Br-]. The molecule has 3 saturated heterocycles. The second-order valence-electron chi connectivity index (χ2n) is 10.2. The van der Waals surface area contributed by atoms with Gasteiger partial charge in [-0.25, -0.2) is 23.5 Å². The van der Waals surface area contributed by atoms with Crippen LogP contribution in [0.2, 0.25) is 0 Å². The molecule has 3 aliphatic heterocycles. The summed E-state index contributed by atoms with van der Waals surface area (Å²) in [5.41, 5.74) is -1.29. The first kappa shape index (κ1) is 27.0. The van der Waals surface area contributed by atoms with Crippen LogP contribution in [0, 0.1) is 11.8 Å². The number of aliphatic hydroxyl groups is 1. The molecule has 0 radical (unpaired) electrons. The third-order valence-electron chi connectivity index (χ3n) is 7.89. The van der Waals surface area contributed by atoms with Gasteiger partial charge in [0.05, 0.1) is 31.2 Å². The lowest BCUT2D eigenvalue weighted by atomic mass is 9.80. The van der Waals surface area contributed by atoms with Crippen LogP contribution in [0.5, 0.6) is 0 Å². The summed E-state index contributed by atoms with van der Waals surface area (Å²) in [5, 5.41) is 17.7. The van der Waals surface area contributed by atoms with E-state index in [0.29, 0.717) is 22.3 Å². The van der Waals surface area contributed by atoms with E-state index >= 15 is 0 Å². The van der Waals surface area contributed by atoms with Crippen molar-refractivity contribution in [3.8, 4) is 0 Å². The average Bonchev–Trinajstić information content (AvgIpc) is 3.50. The molecule has 12 heteroatoms. The van der Waals surface area contributed by atoms with Gasteiger partial charge in [-0.3, -0.25) is 4.79 Å². The number of piperidine rings is 3. The number of ether oxygens (including phenoxy) is 1. The number of nitrogens with one attached hydrogen (secondary N) is 1. The molecule has 1 amide bonds. The van der Waals surface area contributed by atoms with Crippen LogP contribution in [0.1, 0.15) is 37.7 Å². The van der Waals surface area contributed by atoms with Gasteiger partial charge in [0.25, 0.3) is 5.91 Å². The van der Waals surface area contributed by atoms with Gasteiger partial charge in [0.2, 0.25) is 5.92 Å². The summed E-state index contributed by atoms with van der Waals surface area (Å²) < 4.78 is 34.5. The molecule has 4 aliphatic rings. The Labute approximate surface area is 222 Å².